The fraction of sp³-hybridized carbons (Fsp3) is 0.533. The number of hydrogen-bond acceptors (Lipinski definition) is 2. The van der Waals surface area contributed by atoms with Gasteiger partial charge in [-0.1, -0.05) is 19.9 Å². The van der Waals surface area contributed by atoms with Gasteiger partial charge in [-0.2, -0.15) is 5.26 Å². The van der Waals surface area contributed by atoms with Crippen molar-refractivity contribution in [2.24, 2.45) is 5.41 Å². The lowest BCUT2D eigenvalue weighted by Gasteiger charge is -2.18. The van der Waals surface area contributed by atoms with Gasteiger partial charge in [-0.3, -0.25) is 0 Å². The summed E-state index contributed by atoms with van der Waals surface area (Å²) in [6, 6.07) is 6.68. The predicted octanol–water partition coefficient (Wildman–Crippen LogP) is 3.50. The second kappa shape index (κ2) is 3.50. The molecule has 1 unspecified atom stereocenters. The zero-order chi connectivity index (χ0) is 12.8. The van der Waals surface area contributed by atoms with Gasteiger partial charge in [0.1, 0.15) is 5.75 Å². The first kappa shape index (κ1) is 12.0. The Morgan fingerprint density at radius 3 is 2.24 bits per heavy atom. The lowest BCUT2D eigenvalue weighted by molar-refractivity contribution is 0.411. The van der Waals surface area contributed by atoms with E-state index in [1.165, 1.54) is 5.56 Å². The van der Waals surface area contributed by atoms with Gasteiger partial charge in [0.2, 0.25) is 0 Å². The molecule has 0 radical (unpaired) electrons. The number of methoxy groups -OCH3 is 1. The van der Waals surface area contributed by atoms with Crippen molar-refractivity contribution in [1.82, 2.24) is 0 Å². The molecule has 90 valence electrons. The summed E-state index contributed by atoms with van der Waals surface area (Å²) in [5, 5.41) is 9.51. The molecule has 0 heterocycles. The largest absolute Gasteiger partial charge is 0.496 e. The second-order valence-corrected chi connectivity index (χ2v) is 5.71. The van der Waals surface area contributed by atoms with Gasteiger partial charge in [0.05, 0.1) is 18.6 Å². The van der Waals surface area contributed by atoms with Gasteiger partial charge < -0.3 is 4.74 Å². The molecule has 1 aliphatic rings. The molecule has 1 atom stereocenters. The van der Waals surface area contributed by atoms with Crippen LogP contribution in [0.1, 0.15) is 37.0 Å². The third-order valence-electron chi connectivity index (χ3n) is 4.13. The third kappa shape index (κ3) is 1.53. The maximum atomic E-state index is 9.51. The van der Waals surface area contributed by atoms with Gasteiger partial charge >= 0.3 is 0 Å². The highest BCUT2D eigenvalue weighted by molar-refractivity contribution is 5.53. The average Bonchev–Trinajstić information content (AvgIpc) is 2.85. The summed E-state index contributed by atoms with van der Waals surface area (Å²) in [4.78, 5) is 0. The fourth-order valence-corrected chi connectivity index (χ4v) is 2.80. The SMILES string of the molecule is COc1cc(C)c(C2(C#N)CC2(C)C)cc1C. The molecule has 1 aliphatic carbocycles. The van der Waals surface area contributed by atoms with E-state index >= 15 is 0 Å². The molecular weight excluding hydrogens is 210 g/mol. The molecule has 1 aromatic rings. The van der Waals surface area contributed by atoms with Gasteiger partial charge in [0.15, 0.2) is 0 Å². The smallest absolute Gasteiger partial charge is 0.122 e. The van der Waals surface area contributed by atoms with Crippen molar-refractivity contribution in [3.05, 3.63) is 28.8 Å². The highest BCUT2D eigenvalue weighted by atomic mass is 16.5. The standard InChI is InChI=1S/C15H19NO/c1-10-7-13(17-5)11(2)6-12(10)15(9-16)8-14(15,3)4/h6-7H,8H2,1-5H3. The van der Waals surface area contributed by atoms with Crippen molar-refractivity contribution in [3.63, 3.8) is 0 Å². The lowest BCUT2D eigenvalue weighted by atomic mass is 9.85. The number of nitrogens with zero attached hydrogens (tertiary/aromatic N) is 1. The average molecular weight is 229 g/mol. The van der Waals surface area contributed by atoms with Gasteiger partial charge in [-0.25, -0.2) is 0 Å². The van der Waals surface area contributed by atoms with Crippen LogP contribution in [0.4, 0.5) is 0 Å². The Hall–Kier alpha value is -1.49. The molecule has 0 aromatic heterocycles. The molecular formula is C15H19NO. The summed E-state index contributed by atoms with van der Waals surface area (Å²) in [5.41, 5.74) is 3.22. The minimum Gasteiger partial charge on any atom is -0.496 e. The molecule has 0 aliphatic heterocycles. The third-order valence-corrected chi connectivity index (χ3v) is 4.13. The maximum absolute atomic E-state index is 9.51. The zero-order valence-electron chi connectivity index (χ0n) is 11.2. The molecule has 2 nitrogen and oxygen atoms in total. The Balaban J connectivity index is 2.56. The number of nitriles is 1. The van der Waals surface area contributed by atoms with Crippen molar-refractivity contribution in [2.75, 3.05) is 7.11 Å². The molecule has 2 rings (SSSR count). The minimum atomic E-state index is -0.298. The Kier molecular flexibility index (Phi) is 2.47. The summed E-state index contributed by atoms with van der Waals surface area (Å²) in [5.74, 6) is 0.901. The van der Waals surface area contributed by atoms with E-state index in [2.05, 4.69) is 32.9 Å². The van der Waals surface area contributed by atoms with E-state index in [1.54, 1.807) is 7.11 Å². The number of aryl methyl sites for hydroxylation is 2. The molecule has 1 saturated carbocycles. The van der Waals surface area contributed by atoms with Crippen LogP contribution in [-0.4, -0.2) is 7.11 Å². The molecule has 1 aromatic carbocycles. The monoisotopic (exact) mass is 229 g/mol. The normalized spacial score (nSPS) is 25.2. The Morgan fingerprint density at radius 1 is 1.24 bits per heavy atom. The molecule has 17 heavy (non-hydrogen) atoms. The van der Waals surface area contributed by atoms with E-state index in [9.17, 15) is 5.26 Å². The summed E-state index contributed by atoms with van der Waals surface area (Å²) < 4.78 is 5.32. The highest BCUT2D eigenvalue weighted by Crippen LogP contribution is 2.64. The van der Waals surface area contributed by atoms with Gasteiger partial charge in [0.25, 0.3) is 0 Å². The first-order valence-corrected chi connectivity index (χ1v) is 5.95. The fourth-order valence-electron chi connectivity index (χ4n) is 2.80. The summed E-state index contributed by atoms with van der Waals surface area (Å²) in [6.45, 7) is 8.41. The van der Waals surface area contributed by atoms with Crippen molar-refractivity contribution < 1.29 is 4.74 Å². The van der Waals surface area contributed by atoms with Crippen molar-refractivity contribution in [3.8, 4) is 11.8 Å². The van der Waals surface area contributed by atoms with E-state index in [1.807, 2.05) is 13.0 Å². The second-order valence-electron chi connectivity index (χ2n) is 5.71. The number of ether oxygens (including phenoxy) is 1. The Labute approximate surface area is 103 Å². The first-order valence-electron chi connectivity index (χ1n) is 5.95. The molecule has 0 spiro atoms. The van der Waals surface area contributed by atoms with E-state index in [0.29, 0.717) is 0 Å². The molecule has 0 amide bonds. The lowest BCUT2D eigenvalue weighted by Crippen LogP contribution is -2.14. The maximum Gasteiger partial charge on any atom is 0.122 e. The van der Waals surface area contributed by atoms with E-state index < -0.39 is 0 Å². The molecule has 2 heteroatoms. The van der Waals surface area contributed by atoms with Crippen LogP contribution in [0.3, 0.4) is 0 Å². The van der Waals surface area contributed by atoms with Crippen molar-refractivity contribution in [1.29, 1.82) is 5.26 Å². The van der Waals surface area contributed by atoms with E-state index in [4.69, 9.17) is 4.74 Å². The first-order chi connectivity index (χ1) is 7.88. The van der Waals surface area contributed by atoms with Crippen molar-refractivity contribution >= 4 is 0 Å². The van der Waals surface area contributed by atoms with Crippen LogP contribution in [0.25, 0.3) is 0 Å². The summed E-state index contributed by atoms with van der Waals surface area (Å²) in [7, 11) is 1.68. The predicted molar refractivity (Wildman–Crippen MR) is 68.2 cm³/mol. The van der Waals surface area contributed by atoms with Crippen LogP contribution in [0.5, 0.6) is 5.75 Å². The quantitative estimate of drug-likeness (QED) is 0.777. The Morgan fingerprint density at radius 2 is 1.82 bits per heavy atom. The van der Waals surface area contributed by atoms with Crippen LogP contribution >= 0.6 is 0 Å². The van der Waals surface area contributed by atoms with Crippen LogP contribution in [-0.2, 0) is 5.41 Å². The summed E-state index contributed by atoms with van der Waals surface area (Å²) in [6.07, 6.45) is 0.948. The summed E-state index contributed by atoms with van der Waals surface area (Å²) >= 11 is 0. The number of hydrogen-bond donors (Lipinski definition) is 0. The van der Waals surface area contributed by atoms with Crippen molar-refractivity contribution in [2.45, 2.75) is 39.5 Å². The zero-order valence-corrected chi connectivity index (χ0v) is 11.2. The van der Waals surface area contributed by atoms with Gasteiger partial charge in [0, 0.05) is 0 Å². The van der Waals surface area contributed by atoms with E-state index in [0.717, 1.165) is 23.3 Å². The van der Waals surface area contributed by atoms with Crippen LogP contribution in [0, 0.1) is 30.6 Å². The van der Waals surface area contributed by atoms with Crippen LogP contribution < -0.4 is 4.74 Å². The van der Waals surface area contributed by atoms with Crippen LogP contribution in [0.2, 0.25) is 0 Å². The molecule has 0 saturated heterocycles. The molecule has 0 N–H and O–H groups in total. The highest BCUT2D eigenvalue weighted by Gasteiger charge is 2.63. The molecule has 1 fully saturated rings. The Bertz CT molecular complexity index is 510. The van der Waals surface area contributed by atoms with Gasteiger partial charge in [-0.15, -0.1) is 0 Å². The topological polar surface area (TPSA) is 33.0 Å². The van der Waals surface area contributed by atoms with Gasteiger partial charge in [-0.05, 0) is 48.4 Å². The number of rotatable bonds is 2. The number of benzene rings is 1. The van der Waals surface area contributed by atoms with Crippen LogP contribution in [0.15, 0.2) is 12.1 Å². The minimum absolute atomic E-state index is 0.0908. The van der Waals surface area contributed by atoms with E-state index in [-0.39, 0.29) is 10.8 Å². The molecule has 0 bridgehead atoms.